The van der Waals surface area contributed by atoms with Crippen LogP contribution in [0.1, 0.15) is 5.56 Å². The molecular formula is C15H17F3N2O2. The molecule has 0 aliphatic rings. The van der Waals surface area contributed by atoms with Crippen molar-refractivity contribution in [3.05, 3.63) is 71.3 Å². The van der Waals surface area contributed by atoms with Gasteiger partial charge in [-0.1, -0.05) is 24.8 Å². The number of rotatable bonds is 7. The summed E-state index contributed by atoms with van der Waals surface area (Å²) in [6.45, 7) is 3.71. The third-order valence-corrected chi connectivity index (χ3v) is 2.66. The molecule has 0 saturated carbocycles. The molecule has 0 atom stereocenters. The first kappa shape index (κ1) is 18.0. The molecule has 0 unspecified atom stereocenters. The average molecular weight is 314 g/mol. The number of halogens is 3. The molecular weight excluding hydrogens is 297 g/mol. The number of ether oxygens (including phenoxy) is 1. The summed E-state index contributed by atoms with van der Waals surface area (Å²) in [7, 11) is 0. The van der Waals surface area contributed by atoms with Crippen molar-refractivity contribution in [2.45, 2.75) is 12.6 Å². The molecule has 0 saturated heterocycles. The summed E-state index contributed by atoms with van der Waals surface area (Å²) in [5.41, 5.74) is 5.51. The van der Waals surface area contributed by atoms with Crippen LogP contribution < -0.4 is 16.0 Å². The topological polar surface area (TPSA) is 74.9 Å². The van der Waals surface area contributed by atoms with E-state index in [2.05, 4.69) is 6.58 Å². The smallest absolute Gasteiger partial charge is 0.420 e. The maximum atomic E-state index is 13.0. The number of alkyl halides is 3. The molecule has 0 aromatic heterocycles. The van der Waals surface area contributed by atoms with Crippen LogP contribution >= 0.6 is 0 Å². The molecule has 7 heteroatoms. The second kappa shape index (κ2) is 8.38. The first-order valence-electron chi connectivity index (χ1n) is 6.45. The second-order valence-corrected chi connectivity index (χ2v) is 4.27. The van der Waals surface area contributed by atoms with Crippen LogP contribution in [-0.4, -0.2) is 12.7 Å². The molecule has 22 heavy (non-hydrogen) atoms. The summed E-state index contributed by atoms with van der Waals surface area (Å²) in [4.78, 5) is 0. The number of benzene rings is 1. The predicted octanol–water partition coefficient (Wildman–Crippen LogP) is 2.14. The van der Waals surface area contributed by atoms with E-state index in [1.54, 1.807) is 12.1 Å². The van der Waals surface area contributed by atoms with Crippen LogP contribution in [0.4, 0.5) is 13.2 Å². The molecule has 120 valence electrons. The van der Waals surface area contributed by atoms with Gasteiger partial charge in [0.2, 0.25) is 0 Å². The molecule has 0 fully saturated rings. The van der Waals surface area contributed by atoms with Gasteiger partial charge in [0.15, 0.2) is 5.76 Å². The van der Waals surface area contributed by atoms with Gasteiger partial charge in [-0.15, -0.1) is 0 Å². The lowest BCUT2D eigenvalue weighted by Crippen LogP contribution is -2.70. The summed E-state index contributed by atoms with van der Waals surface area (Å²) < 4.78 is 44.1. The second-order valence-electron chi connectivity index (χ2n) is 4.27. The molecule has 1 rings (SSSR count). The molecule has 4 nitrogen and oxygen atoms in total. The van der Waals surface area contributed by atoms with Crippen LogP contribution in [0.2, 0.25) is 0 Å². The Morgan fingerprint density at radius 3 is 2.41 bits per heavy atom. The fraction of sp³-hybridized carbons (Fsp3) is 0.200. The lowest BCUT2D eigenvalue weighted by atomic mass is 10.1. The van der Waals surface area contributed by atoms with E-state index in [1.165, 1.54) is 12.1 Å². The van der Waals surface area contributed by atoms with Crippen molar-refractivity contribution in [3.8, 4) is 5.75 Å². The Kier molecular flexibility index (Phi) is 6.84. The zero-order valence-corrected chi connectivity index (χ0v) is 11.8. The molecule has 0 bridgehead atoms. The number of hydrogen-bond acceptors (Lipinski definition) is 3. The maximum Gasteiger partial charge on any atom is 0.420 e. The van der Waals surface area contributed by atoms with Crippen molar-refractivity contribution >= 4 is 0 Å². The highest BCUT2D eigenvalue weighted by Crippen LogP contribution is 2.32. The highest BCUT2D eigenvalue weighted by molar-refractivity contribution is 5.37. The summed E-state index contributed by atoms with van der Waals surface area (Å²) in [6, 6.07) is 6.44. The third-order valence-electron chi connectivity index (χ3n) is 2.66. The van der Waals surface area contributed by atoms with Crippen LogP contribution in [0, 0.1) is 5.21 Å². The Hall–Kier alpha value is -2.09. The van der Waals surface area contributed by atoms with Gasteiger partial charge < -0.3 is 21.2 Å². The van der Waals surface area contributed by atoms with Crippen LogP contribution in [0.15, 0.2) is 60.5 Å². The molecule has 0 amide bonds. The zero-order chi connectivity index (χ0) is 16.6. The van der Waals surface area contributed by atoms with Gasteiger partial charge in [0.25, 0.3) is 0 Å². The van der Waals surface area contributed by atoms with Crippen LogP contribution in [0.3, 0.4) is 0 Å². The van der Waals surface area contributed by atoms with E-state index in [-0.39, 0.29) is 11.2 Å². The van der Waals surface area contributed by atoms with Gasteiger partial charge in [-0.25, -0.2) is 0 Å². The molecule has 0 heterocycles. The Morgan fingerprint density at radius 2 is 1.95 bits per heavy atom. The molecule has 1 aromatic rings. The summed E-state index contributed by atoms with van der Waals surface area (Å²) >= 11 is 0. The van der Waals surface area contributed by atoms with Crippen molar-refractivity contribution in [3.63, 3.8) is 0 Å². The minimum atomic E-state index is -4.66. The molecule has 0 aliphatic heterocycles. The van der Waals surface area contributed by atoms with Gasteiger partial charge in [0, 0.05) is 0 Å². The van der Waals surface area contributed by atoms with Crippen LogP contribution in [-0.2, 0) is 6.42 Å². The lowest BCUT2D eigenvalue weighted by Gasteiger charge is -2.15. The van der Waals surface area contributed by atoms with E-state index < -0.39 is 17.5 Å². The van der Waals surface area contributed by atoms with E-state index in [9.17, 15) is 18.4 Å². The molecule has 1 aromatic carbocycles. The van der Waals surface area contributed by atoms with Gasteiger partial charge in [-0.3, -0.25) is 0 Å². The summed E-state index contributed by atoms with van der Waals surface area (Å²) in [5.74, 6) is -0.401. The zero-order valence-electron chi connectivity index (χ0n) is 11.8. The fourth-order valence-electron chi connectivity index (χ4n) is 1.69. The van der Waals surface area contributed by atoms with Crippen LogP contribution in [0.5, 0.6) is 5.75 Å². The minimum Gasteiger partial charge on any atom is -0.631 e. The quantitative estimate of drug-likeness (QED) is 0.460. The summed E-state index contributed by atoms with van der Waals surface area (Å²) in [5, 5.41) is 10.6. The predicted molar refractivity (Wildman–Crippen MR) is 77.5 cm³/mol. The number of hydrogen-bond donors (Lipinski definition) is 2. The largest absolute Gasteiger partial charge is 0.631 e. The lowest BCUT2D eigenvalue weighted by molar-refractivity contribution is -0.516. The monoisotopic (exact) mass is 314 g/mol. The Morgan fingerprint density at radius 1 is 1.32 bits per heavy atom. The third kappa shape index (κ3) is 5.36. The van der Waals surface area contributed by atoms with Crippen molar-refractivity contribution in [2.24, 2.45) is 5.73 Å². The van der Waals surface area contributed by atoms with Crippen molar-refractivity contribution < 1.29 is 23.4 Å². The average Bonchev–Trinajstić information content (AvgIpc) is 2.45. The van der Waals surface area contributed by atoms with Crippen LogP contribution in [0.25, 0.3) is 0 Å². The molecule has 0 spiro atoms. The van der Waals surface area contributed by atoms with E-state index in [0.29, 0.717) is 13.0 Å². The maximum absolute atomic E-state index is 13.0. The van der Waals surface area contributed by atoms with E-state index in [1.807, 2.05) is 0 Å². The SMILES string of the molecule is C=C/C=C(\C(=C/[NH2+][O-])Oc1ccc(CCN)cc1)C(F)(F)F. The molecule has 0 aliphatic carbocycles. The standard InChI is InChI=1S/C15H17F3N2O2/c1-2-3-13(15(16,17)18)14(10-20-21)22-12-6-4-11(5-7-12)8-9-19/h2-7,10H,1,8-9,19-20H2/b13-3+,14-10+. The number of allylic oxidation sites excluding steroid dienone is 3. The normalized spacial score (nSPS) is 13.1. The molecule has 0 radical (unpaired) electrons. The minimum absolute atomic E-state index is 0.188. The van der Waals surface area contributed by atoms with Crippen molar-refractivity contribution in [1.29, 1.82) is 0 Å². The van der Waals surface area contributed by atoms with E-state index in [0.717, 1.165) is 23.9 Å². The van der Waals surface area contributed by atoms with Gasteiger partial charge in [-0.2, -0.15) is 13.2 Å². The van der Waals surface area contributed by atoms with Crippen molar-refractivity contribution in [1.82, 2.24) is 0 Å². The Bertz CT molecular complexity index is 549. The number of hydroxylamine groups is 1. The summed E-state index contributed by atoms with van der Waals surface area (Å²) in [6.07, 6.45) is -1.56. The Balaban J connectivity index is 3.04. The Labute approximate surface area is 126 Å². The van der Waals surface area contributed by atoms with Gasteiger partial charge in [0.05, 0.1) is 0 Å². The van der Waals surface area contributed by atoms with Gasteiger partial charge in [0.1, 0.15) is 17.5 Å². The van der Waals surface area contributed by atoms with E-state index in [4.69, 9.17) is 10.5 Å². The first-order chi connectivity index (χ1) is 10.4. The van der Waals surface area contributed by atoms with E-state index >= 15 is 0 Å². The number of nitrogens with two attached hydrogens (primary N) is 2. The first-order valence-corrected chi connectivity index (χ1v) is 6.45. The number of quaternary nitrogens is 1. The highest BCUT2D eigenvalue weighted by atomic mass is 19.4. The van der Waals surface area contributed by atoms with Crippen molar-refractivity contribution in [2.75, 3.05) is 6.54 Å². The highest BCUT2D eigenvalue weighted by Gasteiger charge is 2.37. The van der Waals surface area contributed by atoms with Gasteiger partial charge in [-0.05, 0) is 36.7 Å². The van der Waals surface area contributed by atoms with Gasteiger partial charge >= 0.3 is 6.18 Å². The molecule has 4 N–H and O–H groups in total. The fourth-order valence-corrected chi connectivity index (χ4v) is 1.69.